The van der Waals surface area contributed by atoms with E-state index in [1.54, 1.807) is 96.9 Å². The molecule has 0 fully saturated rings. The predicted molar refractivity (Wildman–Crippen MR) is 269 cm³/mol. The number of benzene rings is 3. The Hall–Kier alpha value is -1.69. The molecule has 27 heteroatoms. The van der Waals surface area contributed by atoms with Crippen LogP contribution in [0.2, 0.25) is 0 Å². The van der Waals surface area contributed by atoms with E-state index in [-0.39, 0.29) is 126 Å². The van der Waals surface area contributed by atoms with Crippen molar-refractivity contribution in [3.63, 3.8) is 0 Å². The van der Waals surface area contributed by atoms with Gasteiger partial charge in [-0.25, -0.2) is 9.59 Å². The predicted octanol–water partition coefficient (Wildman–Crippen LogP) is 9.67. The molecule has 0 aliphatic heterocycles. The van der Waals surface area contributed by atoms with Crippen molar-refractivity contribution in [2.75, 3.05) is 13.2 Å². The third kappa shape index (κ3) is 185. The van der Waals surface area contributed by atoms with E-state index in [0.29, 0.717) is 0 Å². The molecule has 0 saturated carbocycles. The Labute approximate surface area is 516 Å². The number of carbonyl (C=O) groups is 5. The molecule has 0 heterocycles. The number of nitrogens with two attached hydrogens (primary N) is 1. The van der Waals surface area contributed by atoms with Crippen molar-refractivity contribution in [3.8, 4) is 0 Å². The third-order valence-corrected chi connectivity index (χ3v) is 3.56. The van der Waals surface area contributed by atoms with Crippen molar-refractivity contribution >= 4 is 77.2 Å². The fourth-order valence-corrected chi connectivity index (χ4v) is 2.19. The van der Waals surface area contributed by atoms with Gasteiger partial charge in [0, 0.05) is 158 Å². The zero-order valence-electron chi connectivity index (χ0n) is 44.1. The second-order valence-electron chi connectivity index (χ2n) is 14.4. The second-order valence-corrected chi connectivity index (χ2v) is 14.6. The van der Waals surface area contributed by atoms with Gasteiger partial charge in [0.2, 0.25) is 12.2 Å². The number of ether oxygens (including phenoxy) is 5. The van der Waals surface area contributed by atoms with E-state index in [9.17, 15) is 19.2 Å². The Bertz CT molecular complexity index is 1290. The van der Waals surface area contributed by atoms with Crippen LogP contribution in [0.4, 0.5) is 19.2 Å². The van der Waals surface area contributed by atoms with Crippen LogP contribution in [0.5, 0.6) is 0 Å². The third-order valence-electron chi connectivity index (χ3n) is 3.56. The average molecular weight is 1250 g/mol. The summed E-state index contributed by atoms with van der Waals surface area (Å²) >= 11 is -1.44. The van der Waals surface area contributed by atoms with Crippen LogP contribution in [0, 0.1) is 18.2 Å². The molecule has 0 aromatic heterocycles. The molecule has 0 aliphatic rings. The van der Waals surface area contributed by atoms with Crippen molar-refractivity contribution in [2.45, 2.75) is 126 Å². The van der Waals surface area contributed by atoms with Crippen LogP contribution in [0.25, 0.3) is 17.6 Å². The first-order chi connectivity index (χ1) is 30.4. The summed E-state index contributed by atoms with van der Waals surface area (Å²) in [6, 6.07) is 37.5. The molecule has 17 nitrogen and oxygen atoms in total. The molecule has 386 valence electrons. The van der Waals surface area contributed by atoms with Gasteiger partial charge >= 0.3 is 34.8 Å². The van der Waals surface area contributed by atoms with Gasteiger partial charge in [-0.05, 0) is 104 Å². The van der Waals surface area contributed by atoms with Crippen molar-refractivity contribution in [1.29, 1.82) is 0 Å². The summed E-state index contributed by atoms with van der Waals surface area (Å²) < 4.78 is 39.5. The molecule has 71 heavy (non-hydrogen) atoms. The van der Waals surface area contributed by atoms with E-state index in [2.05, 4.69) is 63.4 Å². The summed E-state index contributed by atoms with van der Waals surface area (Å²) in [5, 5.41) is 15.1. The van der Waals surface area contributed by atoms with E-state index in [1.165, 1.54) is 6.92 Å². The fourth-order valence-electron chi connectivity index (χ4n) is 2.19. The Morgan fingerprint density at radius 1 is 0.549 bits per heavy atom. The Morgan fingerprint density at radius 3 is 0.746 bits per heavy atom. The smallest absolute Gasteiger partial charge is 0 e. The molecule has 3 aromatic carbocycles. The van der Waals surface area contributed by atoms with E-state index in [4.69, 9.17) is 43.6 Å². The number of aliphatic hydroxyl groups excluding tert-OH is 2. The first-order valence-corrected chi connectivity index (χ1v) is 20.2. The van der Waals surface area contributed by atoms with E-state index in [0.717, 1.165) is 13.3 Å². The minimum atomic E-state index is -1.44. The quantitative estimate of drug-likeness (QED) is 0.0529. The normalized spacial score (nSPS) is 8.07. The summed E-state index contributed by atoms with van der Waals surface area (Å²) in [4.78, 5) is 50.6. The van der Waals surface area contributed by atoms with Gasteiger partial charge in [-0.1, -0.05) is 0 Å². The van der Waals surface area contributed by atoms with Crippen LogP contribution in [-0.2, 0) is 149 Å². The average Bonchev–Trinajstić information content (AvgIpc) is 3.17. The van der Waals surface area contributed by atoms with Crippen LogP contribution in [0.1, 0.15) is 104 Å². The first-order valence-electron chi connectivity index (χ1n) is 19.3. The SMILES string of the molecule is CC(C)(C)OC(=O)OC(=O)OC(C)(C)C.CC(C)(C)OC([NH-])=O.CC(C)(C)OC([NH-])=O.CC=O.CCO.CCO.[B].[B][B].[B][B][B].[NH2-].[O]=[Mn]=[O].[Y].[Y].[Y].[c-]1ccccc1.[c-]1ccccc1.[c-]1ccccc1. The monoisotopic (exact) mass is 1250 g/mol. The number of amides is 2. The number of aldehydes is 1. The van der Waals surface area contributed by atoms with E-state index in [1.807, 2.05) is 91.0 Å². The molecule has 15 radical (unpaired) electrons. The molecule has 2 amide bonds. The number of carbonyl (C=O) groups excluding carboxylic acids is 5. The molecular weight excluding hydrogens is 1180 g/mol. The van der Waals surface area contributed by atoms with Crippen molar-refractivity contribution in [3.05, 3.63) is 127 Å². The summed E-state index contributed by atoms with van der Waals surface area (Å²) in [6.07, 6.45) is -3.32. The van der Waals surface area contributed by atoms with Gasteiger partial charge in [0.15, 0.2) is 0 Å². The zero-order valence-corrected chi connectivity index (χ0v) is 53.8. The fraction of sp³-hybridized carbons (Fsp3) is 0.477. The summed E-state index contributed by atoms with van der Waals surface area (Å²) in [5.74, 6) is 0. The second kappa shape index (κ2) is 79.7. The van der Waals surface area contributed by atoms with Gasteiger partial charge in [0.1, 0.15) is 28.7 Å². The first kappa shape index (κ1) is 106. The summed E-state index contributed by atoms with van der Waals surface area (Å²) in [7, 11) is 18.0. The molecule has 0 aliphatic carbocycles. The van der Waals surface area contributed by atoms with Gasteiger partial charge in [-0.15, -0.1) is 0 Å². The van der Waals surface area contributed by atoms with Gasteiger partial charge in [-0.3, -0.25) is 9.59 Å². The van der Waals surface area contributed by atoms with Gasteiger partial charge in [-0.2, -0.15) is 109 Å². The molecule has 0 spiro atoms. The van der Waals surface area contributed by atoms with Crippen LogP contribution < -0.4 is 0 Å². The molecule has 3 rings (SSSR count). The van der Waals surface area contributed by atoms with Crippen LogP contribution in [0.15, 0.2) is 91.0 Å². The van der Waals surface area contributed by atoms with Crippen molar-refractivity contribution in [1.82, 2.24) is 0 Å². The number of hydrogen-bond donors (Lipinski definition) is 2. The largest absolute Gasteiger partial charge is 0.184 e. The minimum Gasteiger partial charge on any atom is -0.184 e. The summed E-state index contributed by atoms with van der Waals surface area (Å²) in [5.41, 5.74) is 10.3. The van der Waals surface area contributed by atoms with Crippen LogP contribution in [-0.4, -0.2) is 123 Å². The standard InChI is InChI=1S/C10H18O5.3C6H5.2C5H11NO2.2C2H6O.C2H4O.B3.B2.B.Mn.H2N.2O.3Y/c1-9(2,3)14-7(11)13-8(12)15-10(4,5)6;3*1-2-4-6-5-3-1;2*1-5(2,3)8-4(6)7;3*1-2-3;1-3-2;1-2;;;;;;;;/h1-6H3;3*1-5H;2*1-3H3,(H2,6,7);2*3H,2H2,1H3;2H,1H3;;;;;1H2;;;;;/q;3*-1;;;;;;;;;;-1;;;;;/p-2. The topological polar surface area (TPSA) is 287 Å². The maximum atomic E-state index is 11.0. The Balaban J connectivity index is -0.0000000433. The molecule has 6 N–H and O–H groups in total. The van der Waals surface area contributed by atoms with E-state index < -0.39 is 61.7 Å². The van der Waals surface area contributed by atoms with Gasteiger partial charge < -0.3 is 56.3 Å². The van der Waals surface area contributed by atoms with Crippen LogP contribution >= 0.6 is 0 Å². The molecule has 0 saturated heterocycles. The van der Waals surface area contributed by atoms with Crippen LogP contribution in [0.3, 0.4) is 0 Å². The van der Waals surface area contributed by atoms with Gasteiger partial charge in [0.05, 0.1) is 0 Å². The van der Waals surface area contributed by atoms with Crippen molar-refractivity contribution < 1.29 is 178 Å². The zero-order chi connectivity index (χ0) is 54.1. The molecular formula is C44H71B6MnN3O14Y3-6. The van der Waals surface area contributed by atoms with Gasteiger partial charge in [0.25, 0.3) is 0 Å². The molecule has 0 unspecified atom stereocenters. The number of aliphatic hydroxyl groups is 2. The van der Waals surface area contributed by atoms with Crippen molar-refractivity contribution in [2.24, 2.45) is 0 Å². The molecule has 0 atom stereocenters. The number of nitrogens with one attached hydrogen (secondary N) is 2. The minimum absolute atomic E-state index is 0. The Kier molecular flexibility index (Phi) is 119. The maximum absolute atomic E-state index is 11.0. The molecule has 0 bridgehead atoms. The number of hydrogen-bond acceptors (Lipinski definition) is 14. The number of rotatable bonds is 0. The molecule has 3 aromatic rings. The maximum Gasteiger partial charge on any atom is 0 e. The Morgan fingerprint density at radius 2 is 0.690 bits per heavy atom. The summed E-state index contributed by atoms with van der Waals surface area (Å²) in [6.45, 7) is 25.7. The van der Waals surface area contributed by atoms with E-state index >= 15 is 0 Å².